The number of oxazole rings is 1. The Labute approximate surface area is 298 Å². The van der Waals surface area contributed by atoms with Crippen molar-refractivity contribution in [1.29, 1.82) is 0 Å². The average molecular weight is 669 g/mol. The van der Waals surface area contributed by atoms with E-state index in [0.29, 0.717) is 23.4 Å². The first-order valence-electron chi connectivity index (χ1n) is 17.1. The van der Waals surface area contributed by atoms with Crippen molar-refractivity contribution < 1.29 is 8.83 Å². The molecule has 0 saturated heterocycles. The van der Waals surface area contributed by atoms with Crippen LogP contribution >= 0.6 is 0 Å². The molecule has 0 aliphatic heterocycles. The highest BCUT2D eigenvalue weighted by Crippen LogP contribution is 2.41. The first-order chi connectivity index (χ1) is 25.7. The first kappa shape index (κ1) is 29.7. The molecule has 6 nitrogen and oxygen atoms in total. The van der Waals surface area contributed by atoms with E-state index in [9.17, 15) is 0 Å². The maximum atomic E-state index is 6.45. The molecule has 6 heteroatoms. The van der Waals surface area contributed by atoms with Gasteiger partial charge in [0.2, 0.25) is 5.89 Å². The van der Waals surface area contributed by atoms with Crippen molar-refractivity contribution in [3.05, 3.63) is 170 Å². The molecule has 3 heterocycles. The zero-order valence-electron chi connectivity index (χ0n) is 27.8. The summed E-state index contributed by atoms with van der Waals surface area (Å²) in [5.41, 5.74) is 11.0. The number of fused-ring (bicyclic) bond motifs is 4. The largest absolute Gasteiger partial charge is 0.456 e. The molecule has 0 radical (unpaired) electrons. The molecule has 0 atom stereocenters. The topological polar surface area (TPSA) is 77.8 Å². The molecule has 3 aromatic heterocycles. The minimum atomic E-state index is 0.526. The molecule has 7 aromatic carbocycles. The van der Waals surface area contributed by atoms with Crippen LogP contribution in [0, 0.1) is 0 Å². The van der Waals surface area contributed by atoms with Gasteiger partial charge in [-0.2, -0.15) is 0 Å². The zero-order valence-corrected chi connectivity index (χ0v) is 27.8. The number of nitrogens with zero attached hydrogens (tertiary/aromatic N) is 4. The highest BCUT2D eigenvalue weighted by atomic mass is 16.3. The predicted molar refractivity (Wildman–Crippen MR) is 207 cm³/mol. The van der Waals surface area contributed by atoms with Crippen molar-refractivity contribution >= 4 is 33.0 Å². The molecule has 0 saturated carbocycles. The van der Waals surface area contributed by atoms with Gasteiger partial charge in [-0.15, -0.1) is 0 Å². The number of benzene rings is 7. The van der Waals surface area contributed by atoms with Crippen LogP contribution in [-0.4, -0.2) is 19.9 Å². The summed E-state index contributed by atoms with van der Waals surface area (Å²) in [7, 11) is 0. The van der Waals surface area contributed by atoms with Crippen LogP contribution in [0.25, 0.3) is 101 Å². The third-order valence-corrected chi connectivity index (χ3v) is 9.42. The van der Waals surface area contributed by atoms with Crippen molar-refractivity contribution in [3.8, 4) is 67.9 Å². The van der Waals surface area contributed by atoms with Crippen LogP contribution in [0.15, 0.2) is 179 Å². The average Bonchev–Trinajstić information content (AvgIpc) is 3.84. The molecule has 0 bridgehead atoms. The minimum Gasteiger partial charge on any atom is -0.456 e. The van der Waals surface area contributed by atoms with E-state index in [2.05, 4.69) is 72.8 Å². The maximum Gasteiger partial charge on any atom is 0.228 e. The van der Waals surface area contributed by atoms with Crippen LogP contribution in [0.5, 0.6) is 0 Å². The lowest BCUT2D eigenvalue weighted by molar-refractivity contribution is 0.620. The normalized spacial score (nSPS) is 11.5. The molecular formula is C46H28N4O2. The van der Waals surface area contributed by atoms with Gasteiger partial charge >= 0.3 is 0 Å². The van der Waals surface area contributed by atoms with Crippen molar-refractivity contribution in [2.45, 2.75) is 0 Å². The summed E-state index contributed by atoms with van der Waals surface area (Å²) in [6, 6.07) is 57.1. The lowest BCUT2D eigenvalue weighted by atomic mass is 10.0. The van der Waals surface area contributed by atoms with Crippen molar-refractivity contribution in [1.82, 2.24) is 19.9 Å². The third kappa shape index (κ3) is 5.22. The number of rotatable bonds is 6. The predicted octanol–water partition coefficient (Wildman–Crippen LogP) is 11.9. The SMILES string of the molecule is c1ccc(-c2ccc(-c3nc(-c4ccc(-c5ccccc5)cc4)nc(-c4cccc5oc6cccc(-c7nc8ccccc8o7)c6c45)n3)cc2)cc1. The number of para-hydroxylation sites is 2. The number of aromatic nitrogens is 4. The summed E-state index contributed by atoms with van der Waals surface area (Å²) in [4.78, 5) is 20.2. The minimum absolute atomic E-state index is 0.526. The second-order valence-electron chi connectivity index (χ2n) is 12.6. The summed E-state index contributed by atoms with van der Waals surface area (Å²) in [6.07, 6.45) is 0. The fourth-order valence-corrected chi connectivity index (χ4v) is 6.86. The van der Waals surface area contributed by atoms with E-state index in [1.54, 1.807) is 0 Å². The van der Waals surface area contributed by atoms with Crippen molar-refractivity contribution in [2.24, 2.45) is 0 Å². The third-order valence-electron chi connectivity index (χ3n) is 9.42. The Bertz CT molecular complexity index is 2740. The summed E-state index contributed by atoms with van der Waals surface area (Å²) >= 11 is 0. The van der Waals surface area contributed by atoms with Gasteiger partial charge in [-0.05, 0) is 52.6 Å². The molecule has 0 spiro atoms. The Morgan fingerprint density at radius 2 is 0.731 bits per heavy atom. The van der Waals surface area contributed by atoms with Crippen LogP contribution in [0.3, 0.4) is 0 Å². The van der Waals surface area contributed by atoms with Gasteiger partial charge in [-0.25, -0.2) is 19.9 Å². The molecule has 0 fully saturated rings. The second-order valence-corrected chi connectivity index (χ2v) is 12.6. The van der Waals surface area contributed by atoms with Crippen LogP contribution in [-0.2, 0) is 0 Å². The fraction of sp³-hybridized carbons (Fsp3) is 0. The van der Waals surface area contributed by atoms with Crippen molar-refractivity contribution in [2.75, 3.05) is 0 Å². The van der Waals surface area contributed by atoms with E-state index >= 15 is 0 Å². The summed E-state index contributed by atoms with van der Waals surface area (Å²) < 4.78 is 12.7. The van der Waals surface area contributed by atoms with E-state index in [0.717, 1.165) is 77.5 Å². The van der Waals surface area contributed by atoms with Gasteiger partial charge < -0.3 is 8.83 Å². The van der Waals surface area contributed by atoms with Crippen LogP contribution in [0.2, 0.25) is 0 Å². The standard InChI is InChI=1S/C46H28N4O2/c1-3-11-29(12-4-1)31-21-25-33(26-22-31)43-48-44(34-27-23-32(24-28-34)30-13-5-2-6-14-30)50-45(49-43)35-15-9-19-39-41(35)42-36(16-10-20-40(42)51-39)46-47-37-17-7-8-18-38(37)52-46/h1-28H. The molecular weight excluding hydrogens is 641 g/mol. The summed E-state index contributed by atoms with van der Waals surface area (Å²) in [5, 5.41) is 1.78. The molecule has 0 aliphatic carbocycles. The van der Waals surface area contributed by atoms with Gasteiger partial charge in [-0.1, -0.05) is 140 Å². The molecule has 0 aliphatic rings. The second kappa shape index (κ2) is 12.3. The van der Waals surface area contributed by atoms with Gasteiger partial charge in [0.25, 0.3) is 0 Å². The number of furan rings is 1. The van der Waals surface area contributed by atoms with Gasteiger partial charge in [0.05, 0.1) is 0 Å². The molecule has 52 heavy (non-hydrogen) atoms. The number of hydrogen-bond acceptors (Lipinski definition) is 6. The lowest BCUT2D eigenvalue weighted by Gasteiger charge is -2.11. The zero-order chi connectivity index (χ0) is 34.4. The van der Waals surface area contributed by atoms with E-state index in [4.69, 9.17) is 28.8 Å². The van der Waals surface area contributed by atoms with Gasteiger partial charge in [0.1, 0.15) is 16.7 Å². The molecule has 0 N–H and O–H groups in total. The number of hydrogen-bond donors (Lipinski definition) is 0. The summed E-state index contributed by atoms with van der Waals surface area (Å²) in [5.74, 6) is 2.23. The Hall–Kier alpha value is -7.18. The molecule has 244 valence electrons. The Morgan fingerprint density at radius 1 is 0.288 bits per heavy atom. The van der Waals surface area contributed by atoms with E-state index in [-0.39, 0.29) is 0 Å². The lowest BCUT2D eigenvalue weighted by Crippen LogP contribution is -2.00. The molecule has 0 unspecified atom stereocenters. The van der Waals surface area contributed by atoms with E-state index in [1.807, 2.05) is 97.1 Å². The van der Waals surface area contributed by atoms with Crippen LogP contribution in [0.1, 0.15) is 0 Å². The highest BCUT2D eigenvalue weighted by Gasteiger charge is 2.22. The summed E-state index contributed by atoms with van der Waals surface area (Å²) in [6.45, 7) is 0. The molecule has 10 rings (SSSR count). The fourth-order valence-electron chi connectivity index (χ4n) is 6.86. The Morgan fingerprint density at radius 3 is 1.31 bits per heavy atom. The van der Waals surface area contributed by atoms with Crippen LogP contribution < -0.4 is 0 Å². The smallest absolute Gasteiger partial charge is 0.228 e. The highest BCUT2D eigenvalue weighted by molar-refractivity contribution is 6.17. The maximum absolute atomic E-state index is 6.45. The van der Waals surface area contributed by atoms with Gasteiger partial charge in [0.15, 0.2) is 23.1 Å². The first-order valence-corrected chi connectivity index (χ1v) is 17.1. The van der Waals surface area contributed by atoms with Gasteiger partial charge in [-0.3, -0.25) is 0 Å². The van der Waals surface area contributed by atoms with Crippen molar-refractivity contribution in [3.63, 3.8) is 0 Å². The Kier molecular flexibility index (Phi) is 7.03. The monoisotopic (exact) mass is 668 g/mol. The Balaban J connectivity index is 1.16. The molecule has 0 amide bonds. The van der Waals surface area contributed by atoms with Crippen LogP contribution in [0.4, 0.5) is 0 Å². The van der Waals surface area contributed by atoms with E-state index in [1.165, 1.54) is 0 Å². The van der Waals surface area contributed by atoms with Gasteiger partial charge in [0, 0.05) is 33.0 Å². The quantitative estimate of drug-likeness (QED) is 0.175. The molecule has 10 aromatic rings. The van der Waals surface area contributed by atoms with E-state index < -0.39 is 0 Å².